The summed E-state index contributed by atoms with van der Waals surface area (Å²) in [4.78, 5) is 36.6. The number of ether oxygens (including phenoxy) is 1. The summed E-state index contributed by atoms with van der Waals surface area (Å²) in [5.41, 5.74) is 1.93. The Balaban J connectivity index is 1.84. The molecule has 1 N–H and O–H groups in total. The number of hydrogen-bond donors (Lipinski definition) is 1. The molecule has 8 nitrogen and oxygen atoms in total. The van der Waals surface area contributed by atoms with Crippen LogP contribution in [0.3, 0.4) is 0 Å². The number of nitrogens with zero attached hydrogens (tertiary/aromatic N) is 2. The first-order chi connectivity index (χ1) is 12.9. The number of non-ortho nitro benzene ring substituents is 1. The number of fused-ring (bicyclic) bond motifs is 1. The Labute approximate surface area is 159 Å². The number of rotatable bonds is 5. The van der Waals surface area contributed by atoms with Crippen LogP contribution in [0.4, 0.5) is 17.1 Å². The molecule has 9 heteroatoms. The molecular formula is C18H16ClN3O5. The van der Waals surface area contributed by atoms with E-state index in [-0.39, 0.29) is 28.8 Å². The Kier molecular flexibility index (Phi) is 5.38. The lowest BCUT2D eigenvalue weighted by Gasteiger charge is -2.17. The van der Waals surface area contributed by atoms with Crippen molar-refractivity contribution in [3.63, 3.8) is 0 Å². The number of methoxy groups -OCH3 is 1. The fourth-order valence-electron chi connectivity index (χ4n) is 2.92. The number of halogens is 1. The zero-order valence-electron chi connectivity index (χ0n) is 14.4. The van der Waals surface area contributed by atoms with E-state index in [1.165, 1.54) is 19.2 Å². The van der Waals surface area contributed by atoms with Gasteiger partial charge in [0.05, 0.1) is 15.5 Å². The Morgan fingerprint density at radius 1 is 1.30 bits per heavy atom. The summed E-state index contributed by atoms with van der Waals surface area (Å²) < 4.78 is 4.90. The molecule has 140 valence electrons. The maximum atomic E-state index is 12.5. The molecular weight excluding hydrogens is 374 g/mol. The summed E-state index contributed by atoms with van der Waals surface area (Å²) in [6.45, 7) is 0.519. The van der Waals surface area contributed by atoms with Crippen molar-refractivity contribution in [2.24, 2.45) is 0 Å². The predicted molar refractivity (Wildman–Crippen MR) is 100 cm³/mol. The summed E-state index contributed by atoms with van der Waals surface area (Å²) in [7, 11) is 1.45. The largest absolute Gasteiger partial charge is 0.375 e. The number of anilines is 2. The SMILES string of the molecule is COCC(=O)N1CCc2ccc(NC(=O)c3cc([N+](=O)[O-])ccc3Cl)cc21. The maximum absolute atomic E-state index is 12.5. The molecule has 0 bridgehead atoms. The number of nitro groups is 1. The summed E-state index contributed by atoms with van der Waals surface area (Å²) in [5.74, 6) is -0.738. The van der Waals surface area contributed by atoms with Crippen LogP contribution in [0.2, 0.25) is 5.02 Å². The monoisotopic (exact) mass is 389 g/mol. The molecule has 1 aliphatic heterocycles. The average Bonchev–Trinajstić information content (AvgIpc) is 3.05. The number of nitro benzene ring substituents is 1. The molecule has 3 rings (SSSR count). The van der Waals surface area contributed by atoms with E-state index in [1.54, 1.807) is 17.0 Å². The minimum Gasteiger partial charge on any atom is -0.375 e. The standard InChI is InChI=1S/C18H16ClN3O5/c1-27-10-17(23)21-7-6-11-2-3-12(8-16(11)21)20-18(24)14-9-13(22(25)26)4-5-15(14)19/h2-5,8-9H,6-7,10H2,1H3,(H,20,24). The van der Waals surface area contributed by atoms with Gasteiger partial charge in [0.2, 0.25) is 0 Å². The lowest BCUT2D eigenvalue weighted by molar-refractivity contribution is -0.384. The van der Waals surface area contributed by atoms with E-state index in [9.17, 15) is 19.7 Å². The quantitative estimate of drug-likeness (QED) is 0.625. The van der Waals surface area contributed by atoms with Crippen LogP contribution < -0.4 is 10.2 Å². The van der Waals surface area contributed by atoms with Gasteiger partial charge in [-0.2, -0.15) is 0 Å². The normalized spacial score (nSPS) is 12.6. The highest BCUT2D eigenvalue weighted by Gasteiger charge is 2.25. The molecule has 0 aromatic heterocycles. The van der Waals surface area contributed by atoms with Gasteiger partial charge in [0.1, 0.15) is 6.61 Å². The van der Waals surface area contributed by atoms with E-state index in [0.29, 0.717) is 17.9 Å². The summed E-state index contributed by atoms with van der Waals surface area (Å²) in [6.07, 6.45) is 0.718. The smallest absolute Gasteiger partial charge is 0.270 e. The van der Waals surface area contributed by atoms with Crippen molar-refractivity contribution >= 4 is 40.5 Å². The van der Waals surface area contributed by atoms with Gasteiger partial charge in [0, 0.05) is 37.2 Å². The van der Waals surface area contributed by atoms with Gasteiger partial charge in [0.25, 0.3) is 17.5 Å². The fourth-order valence-corrected chi connectivity index (χ4v) is 3.12. The van der Waals surface area contributed by atoms with Crippen LogP contribution in [-0.2, 0) is 16.0 Å². The van der Waals surface area contributed by atoms with Crippen molar-refractivity contribution in [2.75, 3.05) is 30.5 Å². The first-order valence-electron chi connectivity index (χ1n) is 8.08. The van der Waals surface area contributed by atoms with Crippen molar-refractivity contribution < 1.29 is 19.2 Å². The van der Waals surface area contributed by atoms with Gasteiger partial charge in [-0.15, -0.1) is 0 Å². The molecule has 0 atom stereocenters. The minimum absolute atomic E-state index is 0.00122. The molecule has 2 amide bonds. The molecule has 0 fully saturated rings. The van der Waals surface area contributed by atoms with Crippen LogP contribution in [0.5, 0.6) is 0 Å². The molecule has 1 aliphatic rings. The highest BCUT2D eigenvalue weighted by atomic mass is 35.5. The predicted octanol–water partition coefficient (Wildman–Crippen LogP) is 3.04. The molecule has 27 heavy (non-hydrogen) atoms. The second-order valence-corrected chi connectivity index (χ2v) is 6.35. The molecule has 0 spiro atoms. The second-order valence-electron chi connectivity index (χ2n) is 5.95. The number of carbonyl (C=O) groups excluding carboxylic acids is 2. The van der Waals surface area contributed by atoms with Crippen LogP contribution >= 0.6 is 11.6 Å². The van der Waals surface area contributed by atoms with Crippen LogP contribution in [0.15, 0.2) is 36.4 Å². The van der Waals surface area contributed by atoms with Crippen molar-refractivity contribution in [2.45, 2.75) is 6.42 Å². The maximum Gasteiger partial charge on any atom is 0.270 e. The first kappa shape index (κ1) is 18.8. The Morgan fingerprint density at radius 3 is 2.78 bits per heavy atom. The van der Waals surface area contributed by atoms with Gasteiger partial charge in [-0.05, 0) is 30.2 Å². The van der Waals surface area contributed by atoms with Crippen molar-refractivity contribution in [1.82, 2.24) is 0 Å². The summed E-state index contributed by atoms with van der Waals surface area (Å²) in [6, 6.07) is 8.90. The number of nitrogens with one attached hydrogen (secondary N) is 1. The fraction of sp³-hybridized carbons (Fsp3) is 0.222. The van der Waals surface area contributed by atoms with Crippen LogP contribution in [-0.4, -0.2) is 37.0 Å². The molecule has 2 aromatic carbocycles. The van der Waals surface area contributed by atoms with Gasteiger partial charge in [0.15, 0.2) is 0 Å². The average molecular weight is 390 g/mol. The minimum atomic E-state index is -0.595. The first-order valence-corrected chi connectivity index (χ1v) is 8.46. The van der Waals surface area contributed by atoms with Gasteiger partial charge >= 0.3 is 0 Å². The second kappa shape index (κ2) is 7.73. The third-order valence-corrected chi connectivity index (χ3v) is 4.54. The van der Waals surface area contributed by atoms with Crippen molar-refractivity contribution in [3.8, 4) is 0 Å². The molecule has 0 saturated heterocycles. The molecule has 0 radical (unpaired) electrons. The molecule has 2 aromatic rings. The highest BCUT2D eigenvalue weighted by Crippen LogP contribution is 2.31. The van der Waals surface area contributed by atoms with Crippen LogP contribution in [0.25, 0.3) is 0 Å². The molecule has 1 heterocycles. The van der Waals surface area contributed by atoms with E-state index in [1.807, 2.05) is 6.07 Å². The van der Waals surface area contributed by atoms with Gasteiger partial charge in [-0.3, -0.25) is 19.7 Å². The van der Waals surface area contributed by atoms with E-state index >= 15 is 0 Å². The topological polar surface area (TPSA) is 102 Å². The lowest BCUT2D eigenvalue weighted by atomic mass is 10.1. The number of amides is 2. The third-order valence-electron chi connectivity index (χ3n) is 4.21. The zero-order chi connectivity index (χ0) is 19.6. The third kappa shape index (κ3) is 3.91. The number of hydrogen-bond acceptors (Lipinski definition) is 5. The molecule has 0 saturated carbocycles. The Morgan fingerprint density at radius 2 is 2.07 bits per heavy atom. The van der Waals surface area contributed by atoms with E-state index in [2.05, 4.69) is 5.32 Å². The zero-order valence-corrected chi connectivity index (χ0v) is 15.2. The van der Waals surface area contributed by atoms with Crippen LogP contribution in [0, 0.1) is 10.1 Å². The molecule has 0 aliphatic carbocycles. The van der Waals surface area contributed by atoms with E-state index in [4.69, 9.17) is 16.3 Å². The lowest BCUT2D eigenvalue weighted by Crippen LogP contribution is -2.32. The van der Waals surface area contributed by atoms with Gasteiger partial charge in [-0.25, -0.2) is 0 Å². The van der Waals surface area contributed by atoms with Crippen molar-refractivity contribution in [3.05, 3.63) is 62.7 Å². The van der Waals surface area contributed by atoms with E-state index in [0.717, 1.165) is 18.1 Å². The number of benzene rings is 2. The van der Waals surface area contributed by atoms with Crippen LogP contribution in [0.1, 0.15) is 15.9 Å². The summed E-state index contributed by atoms with van der Waals surface area (Å²) >= 11 is 6.01. The Hall–Kier alpha value is -2.97. The molecule has 0 unspecified atom stereocenters. The number of carbonyl (C=O) groups is 2. The van der Waals surface area contributed by atoms with Gasteiger partial charge < -0.3 is 15.0 Å². The summed E-state index contributed by atoms with van der Waals surface area (Å²) in [5, 5.41) is 13.7. The highest BCUT2D eigenvalue weighted by molar-refractivity contribution is 6.34. The van der Waals surface area contributed by atoms with Gasteiger partial charge in [-0.1, -0.05) is 17.7 Å². The van der Waals surface area contributed by atoms with Crippen molar-refractivity contribution in [1.29, 1.82) is 0 Å². The van der Waals surface area contributed by atoms with E-state index < -0.39 is 10.8 Å². The Bertz CT molecular complexity index is 931.